The van der Waals surface area contributed by atoms with Gasteiger partial charge in [-0.3, -0.25) is 10.1 Å². The molecule has 0 aliphatic carbocycles. The Labute approximate surface area is 125 Å². The van der Waals surface area contributed by atoms with Gasteiger partial charge in [-0.1, -0.05) is 11.6 Å². The van der Waals surface area contributed by atoms with Crippen LogP contribution in [0.15, 0.2) is 18.2 Å². The first-order valence-electron chi connectivity index (χ1n) is 6.07. The quantitative estimate of drug-likeness (QED) is 0.471. The molecule has 1 unspecified atom stereocenters. The Morgan fingerprint density at radius 3 is 2.33 bits per heavy atom. The van der Waals surface area contributed by atoms with E-state index in [9.17, 15) is 19.7 Å². The first-order valence-corrected chi connectivity index (χ1v) is 6.45. The van der Waals surface area contributed by atoms with Crippen molar-refractivity contribution in [1.29, 1.82) is 0 Å². The van der Waals surface area contributed by atoms with Gasteiger partial charge in [-0.15, -0.1) is 0 Å². The molecular formula is C13H14ClNO6. The Morgan fingerprint density at radius 1 is 1.24 bits per heavy atom. The summed E-state index contributed by atoms with van der Waals surface area (Å²) in [5, 5.41) is 10.4. The lowest BCUT2D eigenvalue weighted by molar-refractivity contribution is -0.384. The van der Waals surface area contributed by atoms with E-state index in [0.29, 0.717) is 0 Å². The van der Waals surface area contributed by atoms with Gasteiger partial charge in [-0.25, -0.2) is 9.59 Å². The molecule has 0 fully saturated rings. The van der Waals surface area contributed by atoms with Crippen LogP contribution in [0.3, 0.4) is 0 Å². The van der Waals surface area contributed by atoms with E-state index >= 15 is 0 Å². The van der Waals surface area contributed by atoms with E-state index in [0.717, 1.165) is 12.1 Å². The van der Waals surface area contributed by atoms with Crippen LogP contribution in [0.25, 0.3) is 0 Å². The van der Waals surface area contributed by atoms with Crippen molar-refractivity contribution < 1.29 is 24.0 Å². The summed E-state index contributed by atoms with van der Waals surface area (Å²) in [6.45, 7) is 4.70. The van der Waals surface area contributed by atoms with Crippen molar-refractivity contribution in [2.75, 3.05) is 0 Å². The number of carbonyl (C=O) groups is 2. The van der Waals surface area contributed by atoms with Crippen LogP contribution in [0.5, 0.6) is 0 Å². The summed E-state index contributed by atoms with van der Waals surface area (Å²) in [5.41, 5.74) is -0.310. The number of non-ortho nitro benzene ring substituents is 1. The second kappa shape index (κ2) is 7.03. The van der Waals surface area contributed by atoms with E-state index in [1.54, 1.807) is 13.8 Å². The van der Waals surface area contributed by atoms with Crippen LogP contribution >= 0.6 is 11.6 Å². The molecular weight excluding hydrogens is 302 g/mol. The maximum atomic E-state index is 11.9. The van der Waals surface area contributed by atoms with Crippen molar-refractivity contribution in [2.45, 2.75) is 33.0 Å². The summed E-state index contributed by atoms with van der Waals surface area (Å²) in [6, 6.07) is 3.33. The Hall–Kier alpha value is -2.15. The van der Waals surface area contributed by atoms with Gasteiger partial charge in [-0.05, 0) is 26.8 Å². The molecule has 114 valence electrons. The number of hydrogen-bond donors (Lipinski definition) is 0. The van der Waals surface area contributed by atoms with Gasteiger partial charge < -0.3 is 9.47 Å². The molecule has 1 aromatic rings. The lowest BCUT2D eigenvalue weighted by Gasteiger charge is -2.15. The highest BCUT2D eigenvalue weighted by Gasteiger charge is 2.23. The average molecular weight is 316 g/mol. The fraction of sp³-hybridized carbons (Fsp3) is 0.385. The van der Waals surface area contributed by atoms with E-state index in [4.69, 9.17) is 21.1 Å². The second-order valence-electron chi connectivity index (χ2n) is 4.45. The number of benzene rings is 1. The van der Waals surface area contributed by atoms with Crippen molar-refractivity contribution in [2.24, 2.45) is 0 Å². The summed E-state index contributed by atoms with van der Waals surface area (Å²) < 4.78 is 9.80. The maximum absolute atomic E-state index is 11.9. The third kappa shape index (κ3) is 4.71. The van der Waals surface area contributed by atoms with Crippen LogP contribution in [0, 0.1) is 10.1 Å². The molecule has 1 aromatic carbocycles. The van der Waals surface area contributed by atoms with E-state index in [1.165, 1.54) is 13.0 Å². The predicted octanol–water partition coefficient (Wildman–Crippen LogP) is 2.75. The zero-order chi connectivity index (χ0) is 16.2. The van der Waals surface area contributed by atoms with E-state index in [-0.39, 0.29) is 22.4 Å². The van der Waals surface area contributed by atoms with Gasteiger partial charge in [0.2, 0.25) is 0 Å². The van der Waals surface area contributed by atoms with Crippen LogP contribution in [0.2, 0.25) is 5.02 Å². The summed E-state index contributed by atoms with van der Waals surface area (Å²) in [7, 11) is 0. The minimum Gasteiger partial charge on any atom is -0.460 e. The molecule has 7 nitrogen and oxygen atoms in total. The van der Waals surface area contributed by atoms with E-state index in [1.807, 2.05) is 0 Å². The second-order valence-corrected chi connectivity index (χ2v) is 4.86. The van der Waals surface area contributed by atoms with Gasteiger partial charge in [0, 0.05) is 12.1 Å². The van der Waals surface area contributed by atoms with Gasteiger partial charge in [0.05, 0.1) is 21.6 Å². The zero-order valence-corrected chi connectivity index (χ0v) is 12.4. The number of hydrogen-bond acceptors (Lipinski definition) is 6. The summed E-state index contributed by atoms with van der Waals surface area (Å²) in [5.74, 6) is -1.54. The summed E-state index contributed by atoms with van der Waals surface area (Å²) >= 11 is 5.79. The number of esters is 2. The molecule has 0 bridgehead atoms. The van der Waals surface area contributed by atoms with Crippen molar-refractivity contribution in [3.05, 3.63) is 38.9 Å². The normalized spacial score (nSPS) is 11.9. The molecule has 0 aliphatic rings. The Morgan fingerprint density at radius 2 is 1.86 bits per heavy atom. The number of carbonyl (C=O) groups excluding carboxylic acids is 2. The highest BCUT2D eigenvalue weighted by atomic mass is 35.5. The predicted molar refractivity (Wildman–Crippen MR) is 74.2 cm³/mol. The van der Waals surface area contributed by atoms with Gasteiger partial charge in [0.1, 0.15) is 0 Å². The summed E-state index contributed by atoms with van der Waals surface area (Å²) in [6.07, 6.45) is -1.44. The third-order valence-electron chi connectivity index (χ3n) is 2.35. The van der Waals surface area contributed by atoms with E-state index < -0.39 is 23.0 Å². The summed E-state index contributed by atoms with van der Waals surface area (Å²) in [4.78, 5) is 33.3. The van der Waals surface area contributed by atoms with Crippen LogP contribution in [0.4, 0.5) is 5.69 Å². The molecule has 21 heavy (non-hydrogen) atoms. The maximum Gasteiger partial charge on any atom is 0.347 e. The SMILES string of the molecule is CC(C)OC(=O)C(C)OC(=O)c1ccc([N+](=O)[O-])cc1Cl. The molecule has 0 saturated carbocycles. The number of ether oxygens (including phenoxy) is 2. The van der Waals surface area contributed by atoms with Crippen LogP contribution in [-0.2, 0) is 14.3 Å². The molecule has 0 radical (unpaired) electrons. The Balaban J connectivity index is 2.80. The molecule has 0 aromatic heterocycles. The monoisotopic (exact) mass is 315 g/mol. The fourth-order valence-corrected chi connectivity index (χ4v) is 1.64. The van der Waals surface area contributed by atoms with Crippen molar-refractivity contribution >= 4 is 29.2 Å². The van der Waals surface area contributed by atoms with Gasteiger partial charge in [0.15, 0.2) is 6.10 Å². The van der Waals surface area contributed by atoms with E-state index in [2.05, 4.69) is 0 Å². The Kier molecular flexibility index (Phi) is 5.66. The molecule has 0 saturated heterocycles. The van der Waals surface area contributed by atoms with Crippen molar-refractivity contribution in [3.63, 3.8) is 0 Å². The lowest BCUT2D eigenvalue weighted by atomic mass is 10.2. The smallest absolute Gasteiger partial charge is 0.347 e. The molecule has 0 aliphatic heterocycles. The Bertz CT molecular complexity index is 572. The molecule has 1 rings (SSSR count). The van der Waals surface area contributed by atoms with Crippen LogP contribution < -0.4 is 0 Å². The molecule has 0 spiro atoms. The largest absolute Gasteiger partial charge is 0.460 e. The highest BCUT2D eigenvalue weighted by molar-refractivity contribution is 6.33. The van der Waals surface area contributed by atoms with Gasteiger partial charge >= 0.3 is 11.9 Å². The minimum absolute atomic E-state index is 0.0635. The zero-order valence-electron chi connectivity index (χ0n) is 11.7. The molecule has 0 heterocycles. The first-order chi connectivity index (χ1) is 9.72. The molecule has 0 N–H and O–H groups in total. The number of halogens is 1. The first kappa shape index (κ1) is 16.9. The number of nitrogens with zero attached hydrogens (tertiary/aromatic N) is 1. The standard InChI is InChI=1S/C13H14ClNO6/c1-7(2)20-12(16)8(3)21-13(17)10-5-4-9(15(18)19)6-11(10)14/h4-8H,1-3H3. The number of rotatable bonds is 5. The lowest BCUT2D eigenvalue weighted by Crippen LogP contribution is -2.28. The number of nitro groups is 1. The molecule has 1 atom stereocenters. The third-order valence-corrected chi connectivity index (χ3v) is 2.66. The average Bonchev–Trinajstić information content (AvgIpc) is 2.37. The minimum atomic E-state index is -1.11. The van der Waals surface area contributed by atoms with Crippen molar-refractivity contribution in [3.8, 4) is 0 Å². The number of nitro benzene ring substituents is 1. The van der Waals surface area contributed by atoms with Crippen LogP contribution in [-0.4, -0.2) is 29.1 Å². The van der Waals surface area contributed by atoms with Crippen LogP contribution in [0.1, 0.15) is 31.1 Å². The molecule has 8 heteroatoms. The van der Waals surface area contributed by atoms with Crippen molar-refractivity contribution in [1.82, 2.24) is 0 Å². The topological polar surface area (TPSA) is 95.7 Å². The molecule has 0 amide bonds. The highest BCUT2D eigenvalue weighted by Crippen LogP contribution is 2.23. The fourth-order valence-electron chi connectivity index (χ4n) is 1.38. The van der Waals surface area contributed by atoms with Gasteiger partial charge in [0.25, 0.3) is 5.69 Å². The van der Waals surface area contributed by atoms with Gasteiger partial charge in [-0.2, -0.15) is 0 Å².